The van der Waals surface area contributed by atoms with Gasteiger partial charge in [0.05, 0.1) is 6.61 Å². The third-order valence-corrected chi connectivity index (χ3v) is 6.10. The van der Waals surface area contributed by atoms with E-state index in [0.29, 0.717) is 17.9 Å². The summed E-state index contributed by atoms with van der Waals surface area (Å²) in [4.78, 5) is 22.7. The Balaban J connectivity index is 2.28. The molecule has 4 nitrogen and oxygen atoms in total. The van der Waals surface area contributed by atoms with Crippen molar-refractivity contribution in [3.63, 3.8) is 0 Å². The number of rotatable bonds is 3. The van der Waals surface area contributed by atoms with E-state index in [2.05, 4.69) is 20.8 Å². The van der Waals surface area contributed by atoms with E-state index in [4.69, 9.17) is 9.47 Å². The van der Waals surface area contributed by atoms with Gasteiger partial charge in [-0.1, -0.05) is 27.2 Å². The van der Waals surface area contributed by atoms with Crippen LogP contribution in [0.3, 0.4) is 0 Å². The van der Waals surface area contributed by atoms with Crippen LogP contribution in [-0.2, 0) is 19.1 Å². The number of fused-ring (bicyclic) bond motifs is 1. The Labute approximate surface area is 133 Å². The van der Waals surface area contributed by atoms with Crippen LogP contribution in [0.15, 0.2) is 0 Å². The van der Waals surface area contributed by atoms with Gasteiger partial charge in [-0.2, -0.15) is 0 Å². The minimum absolute atomic E-state index is 0.0650. The number of esters is 2. The molecule has 2 rings (SSSR count). The van der Waals surface area contributed by atoms with E-state index < -0.39 is 0 Å². The summed E-state index contributed by atoms with van der Waals surface area (Å²) in [6.45, 7) is 10.3. The standard InChI is InChI=1S/C18H30O4/c1-12(19)21-11-14-15(22-13(2)20)7-8-16-17(3,4)9-6-10-18(14,16)5/h14-16H,6-11H2,1-5H3/t14-,15-,16-,18+/m0/s1. The molecule has 0 aromatic rings. The molecule has 0 bridgehead atoms. The van der Waals surface area contributed by atoms with Crippen molar-refractivity contribution in [3.8, 4) is 0 Å². The Kier molecular flexibility index (Phi) is 4.88. The zero-order chi connectivity index (χ0) is 16.5. The van der Waals surface area contributed by atoms with Crippen LogP contribution in [0.5, 0.6) is 0 Å². The highest BCUT2D eigenvalue weighted by Crippen LogP contribution is 2.60. The predicted octanol–water partition coefficient (Wildman–Crippen LogP) is 3.72. The molecule has 22 heavy (non-hydrogen) atoms. The van der Waals surface area contributed by atoms with Gasteiger partial charge >= 0.3 is 11.9 Å². The molecule has 2 aliphatic carbocycles. The minimum atomic E-state index is -0.262. The van der Waals surface area contributed by atoms with Gasteiger partial charge in [-0.3, -0.25) is 9.59 Å². The molecule has 0 aliphatic heterocycles. The molecule has 0 radical (unpaired) electrons. The first-order valence-electron chi connectivity index (χ1n) is 8.47. The Morgan fingerprint density at radius 1 is 1.05 bits per heavy atom. The summed E-state index contributed by atoms with van der Waals surface area (Å²) < 4.78 is 10.9. The first-order valence-corrected chi connectivity index (χ1v) is 8.47. The van der Waals surface area contributed by atoms with Crippen molar-refractivity contribution < 1.29 is 19.1 Å². The molecular formula is C18H30O4. The van der Waals surface area contributed by atoms with E-state index >= 15 is 0 Å². The first-order chi connectivity index (χ1) is 10.2. The Morgan fingerprint density at radius 3 is 2.32 bits per heavy atom. The van der Waals surface area contributed by atoms with E-state index in [1.807, 2.05) is 0 Å². The number of hydrogen-bond acceptors (Lipinski definition) is 4. The van der Waals surface area contributed by atoms with Gasteiger partial charge in [0.15, 0.2) is 0 Å². The van der Waals surface area contributed by atoms with Crippen LogP contribution in [0.1, 0.15) is 66.7 Å². The average Bonchev–Trinajstić information content (AvgIpc) is 2.35. The highest BCUT2D eigenvalue weighted by molar-refractivity contribution is 5.66. The SMILES string of the molecule is CC(=O)OC[C@H]1[C@@H](OC(C)=O)CC[C@H]2C(C)(C)CCC[C@]12C. The van der Waals surface area contributed by atoms with E-state index in [1.54, 1.807) is 0 Å². The van der Waals surface area contributed by atoms with Crippen LogP contribution in [0.25, 0.3) is 0 Å². The maximum absolute atomic E-state index is 11.5. The number of ether oxygens (including phenoxy) is 2. The molecule has 0 saturated heterocycles. The van der Waals surface area contributed by atoms with Gasteiger partial charge in [0.25, 0.3) is 0 Å². The summed E-state index contributed by atoms with van der Waals surface area (Å²) in [7, 11) is 0. The Bertz CT molecular complexity index is 442. The van der Waals surface area contributed by atoms with Crippen LogP contribution < -0.4 is 0 Å². The second kappa shape index (κ2) is 6.21. The van der Waals surface area contributed by atoms with Crippen LogP contribution >= 0.6 is 0 Å². The van der Waals surface area contributed by atoms with Crippen molar-refractivity contribution in [2.75, 3.05) is 6.61 Å². The van der Waals surface area contributed by atoms with E-state index in [9.17, 15) is 9.59 Å². The average molecular weight is 310 g/mol. The fourth-order valence-corrected chi connectivity index (χ4v) is 5.15. The fourth-order valence-electron chi connectivity index (χ4n) is 5.15. The van der Waals surface area contributed by atoms with Crippen LogP contribution in [0.2, 0.25) is 0 Å². The summed E-state index contributed by atoms with van der Waals surface area (Å²) in [5, 5.41) is 0. The van der Waals surface area contributed by atoms with Gasteiger partial charge in [0.1, 0.15) is 6.10 Å². The summed E-state index contributed by atoms with van der Waals surface area (Å²) >= 11 is 0. The van der Waals surface area contributed by atoms with Crippen LogP contribution in [0, 0.1) is 22.7 Å². The second-order valence-electron chi connectivity index (χ2n) is 8.03. The number of hydrogen-bond donors (Lipinski definition) is 0. The molecule has 0 aromatic heterocycles. The van der Waals surface area contributed by atoms with Crippen molar-refractivity contribution >= 4 is 11.9 Å². The normalized spacial score (nSPS) is 37.0. The molecule has 4 heteroatoms. The largest absolute Gasteiger partial charge is 0.465 e. The Hall–Kier alpha value is -1.06. The maximum Gasteiger partial charge on any atom is 0.302 e. The second-order valence-corrected chi connectivity index (χ2v) is 8.03. The lowest BCUT2D eigenvalue weighted by Gasteiger charge is -2.58. The molecular weight excluding hydrogens is 280 g/mol. The van der Waals surface area contributed by atoms with E-state index in [0.717, 1.165) is 19.3 Å². The van der Waals surface area contributed by atoms with Gasteiger partial charge in [-0.15, -0.1) is 0 Å². The maximum atomic E-state index is 11.5. The zero-order valence-electron chi connectivity index (χ0n) is 14.6. The molecule has 4 atom stereocenters. The monoisotopic (exact) mass is 310 g/mol. The lowest BCUT2D eigenvalue weighted by molar-refractivity contribution is -0.179. The molecule has 0 N–H and O–H groups in total. The highest BCUT2D eigenvalue weighted by atomic mass is 16.6. The van der Waals surface area contributed by atoms with E-state index in [1.165, 1.54) is 26.7 Å². The molecule has 2 fully saturated rings. The molecule has 0 spiro atoms. The summed E-state index contributed by atoms with van der Waals surface area (Å²) in [5.74, 6) is 0.178. The molecule has 0 heterocycles. The predicted molar refractivity (Wildman–Crippen MR) is 84.1 cm³/mol. The van der Waals surface area contributed by atoms with Gasteiger partial charge < -0.3 is 9.47 Å². The molecule has 126 valence electrons. The van der Waals surface area contributed by atoms with Crippen LogP contribution in [0.4, 0.5) is 0 Å². The molecule has 0 unspecified atom stereocenters. The van der Waals surface area contributed by atoms with Gasteiger partial charge in [-0.05, 0) is 42.4 Å². The molecule has 2 saturated carbocycles. The lowest BCUT2D eigenvalue weighted by atomic mass is 9.48. The third kappa shape index (κ3) is 3.31. The molecule has 2 aliphatic rings. The van der Waals surface area contributed by atoms with Crippen molar-refractivity contribution in [1.82, 2.24) is 0 Å². The van der Waals surface area contributed by atoms with Gasteiger partial charge in [0, 0.05) is 19.8 Å². The smallest absolute Gasteiger partial charge is 0.302 e. The Morgan fingerprint density at radius 2 is 1.73 bits per heavy atom. The minimum Gasteiger partial charge on any atom is -0.465 e. The first kappa shape index (κ1) is 17.3. The van der Waals surface area contributed by atoms with Gasteiger partial charge in [0.2, 0.25) is 0 Å². The summed E-state index contributed by atoms with van der Waals surface area (Å²) in [6, 6.07) is 0. The summed E-state index contributed by atoms with van der Waals surface area (Å²) in [6.07, 6.45) is 5.36. The number of carbonyl (C=O) groups excluding carboxylic acids is 2. The molecule has 0 amide bonds. The van der Waals surface area contributed by atoms with Crippen molar-refractivity contribution in [1.29, 1.82) is 0 Å². The van der Waals surface area contributed by atoms with Crippen LogP contribution in [-0.4, -0.2) is 24.6 Å². The summed E-state index contributed by atoms with van der Waals surface area (Å²) in [5.41, 5.74) is 0.359. The van der Waals surface area contributed by atoms with Gasteiger partial charge in [-0.25, -0.2) is 0 Å². The lowest BCUT2D eigenvalue weighted by Crippen LogP contribution is -2.55. The number of carbonyl (C=O) groups is 2. The highest BCUT2D eigenvalue weighted by Gasteiger charge is 2.55. The third-order valence-electron chi connectivity index (χ3n) is 6.10. The fraction of sp³-hybridized carbons (Fsp3) is 0.889. The van der Waals surface area contributed by atoms with E-state index in [-0.39, 0.29) is 29.4 Å². The molecule has 0 aromatic carbocycles. The van der Waals surface area contributed by atoms with Crippen molar-refractivity contribution in [3.05, 3.63) is 0 Å². The zero-order valence-corrected chi connectivity index (χ0v) is 14.6. The van der Waals surface area contributed by atoms with Crippen molar-refractivity contribution in [2.24, 2.45) is 22.7 Å². The topological polar surface area (TPSA) is 52.6 Å². The quantitative estimate of drug-likeness (QED) is 0.745. The van der Waals surface area contributed by atoms with Crippen molar-refractivity contribution in [2.45, 2.75) is 72.8 Å².